The maximum absolute atomic E-state index is 12.1. The molecule has 0 bridgehead atoms. The fourth-order valence-corrected chi connectivity index (χ4v) is 2.39. The van der Waals surface area contributed by atoms with E-state index in [-0.39, 0.29) is 18.2 Å². The Morgan fingerprint density at radius 3 is 2.09 bits per heavy atom. The Hall–Kier alpha value is -2.62. The summed E-state index contributed by atoms with van der Waals surface area (Å²) in [7, 11) is 0. The molecule has 0 heterocycles. The third kappa shape index (κ3) is 4.19. The first-order valence-corrected chi connectivity index (χ1v) is 7.18. The molecular formula is C18H18NO3-. The molecule has 0 saturated heterocycles. The van der Waals surface area contributed by atoms with Crippen molar-refractivity contribution < 1.29 is 14.7 Å². The van der Waals surface area contributed by atoms with Gasteiger partial charge in [0.2, 0.25) is 5.91 Å². The Balaban J connectivity index is 2.06. The summed E-state index contributed by atoms with van der Waals surface area (Å²) in [4.78, 5) is 23.5. The summed E-state index contributed by atoms with van der Waals surface area (Å²) in [5.41, 5.74) is 1.53. The molecule has 1 N–H and O–H groups in total. The first-order valence-electron chi connectivity index (χ1n) is 7.18. The molecule has 114 valence electrons. The first kappa shape index (κ1) is 15.8. The normalized spacial score (nSPS) is 13.1. The number of benzene rings is 2. The summed E-state index contributed by atoms with van der Waals surface area (Å²) in [5, 5.41) is 14.1. The van der Waals surface area contributed by atoms with E-state index in [9.17, 15) is 14.7 Å². The van der Waals surface area contributed by atoms with Gasteiger partial charge < -0.3 is 15.2 Å². The van der Waals surface area contributed by atoms with Crippen LogP contribution >= 0.6 is 0 Å². The zero-order valence-corrected chi connectivity index (χ0v) is 12.4. The third-order valence-corrected chi connectivity index (χ3v) is 3.69. The van der Waals surface area contributed by atoms with Gasteiger partial charge >= 0.3 is 0 Å². The average Bonchev–Trinajstić information content (AvgIpc) is 2.53. The van der Waals surface area contributed by atoms with Gasteiger partial charge in [0.15, 0.2) is 0 Å². The predicted molar refractivity (Wildman–Crippen MR) is 83.0 cm³/mol. The zero-order valence-electron chi connectivity index (χ0n) is 12.4. The summed E-state index contributed by atoms with van der Waals surface area (Å²) in [6.45, 7) is 1.80. The number of hydrogen-bond donors (Lipinski definition) is 1. The van der Waals surface area contributed by atoms with E-state index in [1.165, 1.54) is 0 Å². The highest BCUT2D eigenvalue weighted by Crippen LogP contribution is 2.26. The smallest absolute Gasteiger partial charge is 0.225 e. The molecule has 0 aliphatic heterocycles. The van der Waals surface area contributed by atoms with E-state index in [1.54, 1.807) is 31.2 Å². The van der Waals surface area contributed by atoms with Crippen molar-refractivity contribution in [3.63, 3.8) is 0 Å². The molecular weight excluding hydrogens is 278 g/mol. The molecule has 2 aromatic carbocycles. The Bertz CT molecular complexity index is 625. The third-order valence-electron chi connectivity index (χ3n) is 3.69. The number of amides is 1. The highest BCUT2D eigenvalue weighted by atomic mass is 16.4. The van der Waals surface area contributed by atoms with Gasteiger partial charge in [0.25, 0.3) is 0 Å². The summed E-state index contributed by atoms with van der Waals surface area (Å²) < 4.78 is 0. The number of carboxylic acids is 1. The van der Waals surface area contributed by atoms with Gasteiger partial charge in [-0.25, -0.2) is 0 Å². The summed E-state index contributed by atoms with van der Waals surface area (Å²) >= 11 is 0. The van der Waals surface area contributed by atoms with Crippen LogP contribution in [0.25, 0.3) is 0 Å². The van der Waals surface area contributed by atoms with Crippen LogP contribution in [0, 0.1) is 5.92 Å². The van der Waals surface area contributed by atoms with E-state index in [0.717, 1.165) is 5.56 Å². The van der Waals surface area contributed by atoms with Crippen LogP contribution in [-0.4, -0.2) is 11.9 Å². The van der Waals surface area contributed by atoms with Crippen molar-refractivity contribution in [2.45, 2.75) is 19.3 Å². The lowest BCUT2D eigenvalue weighted by Crippen LogP contribution is -2.36. The zero-order chi connectivity index (χ0) is 15.9. The monoisotopic (exact) mass is 296 g/mol. The second kappa shape index (κ2) is 7.41. The topological polar surface area (TPSA) is 69.2 Å². The minimum absolute atomic E-state index is 0.118. The van der Waals surface area contributed by atoms with E-state index in [4.69, 9.17) is 0 Å². The van der Waals surface area contributed by atoms with Gasteiger partial charge in [-0.15, -0.1) is 0 Å². The molecule has 22 heavy (non-hydrogen) atoms. The Labute approximate surface area is 129 Å². The van der Waals surface area contributed by atoms with E-state index in [1.807, 2.05) is 36.4 Å². The van der Waals surface area contributed by atoms with Gasteiger partial charge in [0.1, 0.15) is 0 Å². The van der Waals surface area contributed by atoms with Crippen molar-refractivity contribution in [2.75, 3.05) is 5.32 Å². The minimum atomic E-state index is -1.21. The number of rotatable bonds is 6. The van der Waals surface area contributed by atoms with Gasteiger partial charge in [-0.05, 0) is 23.6 Å². The van der Waals surface area contributed by atoms with E-state index < -0.39 is 11.9 Å². The summed E-state index contributed by atoms with van der Waals surface area (Å²) in [6, 6.07) is 18.2. The highest BCUT2D eigenvalue weighted by Gasteiger charge is 2.23. The summed E-state index contributed by atoms with van der Waals surface area (Å²) in [5.74, 6) is -2.71. The number of aliphatic carboxylic acids is 1. The van der Waals surface area contributed by atoms with Gasteiger partial charge in [-0.1, -0.05) is 55.5 Å². The fourth-order valence-electron chi connectivity index (χ4n) is 2.39. The van der Waals surface area contributed by atoms with Gasteiger partial charge in [-0.2, -0.15) is 0 Å². The molecule has 0 spiro atoms. The molecule has 2 rings (SSSR count). The molecule has 0 aliphatic rings. The SMILES string of the molecule is C[C@H](c1ccccc1)[C@@H](CC(=O)Nc1ccccc1)C(=O)[O-]. The van der Waals surface area contributed by atoms with E-state index in [0.29, 0.717) is 5.69 Å². The van der Waals surface area contributed by atoms with Crippen LogP contribution in [0.3, 0.4) is 0 Å². The van der Waals surface area contributed by atoms with Crippen LogP contribution in [-0.2, 0) is 9.59 Å². The van der Waals surface area contributed by atoms with Crippen molar-refractivity contribution in [3.05, 3.63) is 66.2 Å². The molecule has 0 aliphatic carbocycles. The minimum Gasteiger partial charge on any atom is -0.550 e. The number of hydrogen-bond acceptors (Lipinski definition) is 3. The number of carboxylic acid groups (broad SMARTS) is 1. The van der Waals surface area contributed by atoms with Crippen molar-refractivity contribution in [3.8, 4) is 0 Å². The molecule has 4 heteroatoms. The maximum Gasteiger partial charge on any atom is 0.225 e. The Kier molecular flexibility index (Phi) is 5.31. The molecule has 0 aromatic heterocycles. The van der Waals surface area contributed by atoms with Crippen LogP contribution in [0.2, 0.25) is 0 Å². The molecule has 0 fully saturated rings. The quantitative estimate of drug-likeness (QED) is 0.888. The van der Waals surface area contributed by atoms with Gasteiger partial charge in [-0.3, -0.25) is 4.79 Å². The number of carbonyl (C=O) groups is 2. The van der Waals surface area contributed by atoms with Crippen LogP contribution in [0.1, 0.15) is 24.8 Å². The van der Waals surface area contributed by atoms with E-state index >= 15 is 0 Å². The largest absolute Gasteiger partial charge is 0.550 e. The van der Waals surface area contributed by atoms with Crippen molar-refractivity contribution in [1.29, 1.82) is 0 Å². The molecule has 0 saturated carbocycles. The lowest BCUT2D eigenvalue weighted by atomic mass is 9.85. The number of anilines is 1. The second-order valence-corrected chi connectivity index (χ2v) is 5.24. The average molecular weight is 296 g/mol. The predicted octanol–water partition coefficient (Wildman–Crippen LogP) is 2.18. The molecule has 4 nitrogen and oxygen atoms in total. The molecule has 2 aromatic rings. The van der Waals surface area contributed by atoms with Gasteiger partial charge in [0.05, 0.1) is 0 Å². The fraction of sp³-hybridized carbons (Fsp3) is 0.222. The van der Waals surface area contributed by atoms with Crippen LogP contribution in [0.5, 0.6) is 0 Å². The number of para-hydroxylation sites is 1. The van der Waals surface area contributed by atoms with Crippen molar-refractivity contribution in [1.82, 2.24) is 0 Å². The second-order valence-electron chi connectivity index (χ2n) is 5.24. The summed E-state index contributed by atoms with van der Waals surface area (Å²) in [6.07, 6.45) is -0.118. The van der Waals surface area contributed by atoms with Crippen LogP contribution < -0.4 is 10.4 Å². The Morgan fingerprint density at radius 2 is 1.55 bits per heavy atom. The first-order chi connectivity index (χ1) is 10.6. The van der Waals surface area contributed by atoms with Gasteiger partial charge in [0, 0.05) is 24.0 Å². The lowest BCUT2D eigenvalue weighted by Gasteiger charge is -2.25. The standard InChI is InChI=1S/C18H19NO3/c1-13(14-8-4-2-5-9-14)16(18(21)22)12-17(20)19-15-10-6-3-7-11-15/h2-11,13,16H,12H2,1H3,(H,19,20)(H,21,22)/p-1/t13-,16-/m1/s1. The van der Waals surface area contributed by atoms with Crippen LogP contribution in [0.15, 0.2) is 60.7 Å². The molecule has 0 radical (unpaired) electrons. The number of carbonyl (C=O) groups excluding carboxylic acids is 2. The van der Waals surface area contributed by atoms with E-state index in [2.05, 4.69) is 5.32 Å². The van der Waals surface area contributed by atoms with Crippen LogP contribution in [0.4, 0.5) is 5.69 Å². The molecule has 0 unspecified atom stereocenters. The maximum atomic E-state index is 12.1. The number of nitrogens with one attached hydrogen (secondary N) is 1. The molecule has 2 atom stereocenters. The Morgan fingerprint density at radius 1 is 1.00 bits per heavy atom. The highest BCUT2D eigenvalue weighted by molar-refractivity contribution is 5.93. The molecule has 1 amide bonds. The lowest BCUT2D eigenvalue weighted by molar-refractivity contribution is -0.312. The van der Waals surface area contributed by atoms with Crippen molar-refractivity contribution >= 4 is 17.6 Å². The van der Waals surface area contributed by atoms with Crippen molar-refractivity contribution in [2.24, 2.45) is 5.92 Å².